The molecule has 0 saturated heterocycles. The van der Waals surface area contributed by atoms with E-state index in [0.29, 0.717) is 12.8 Å². The molecule has 4 N–H and O–H groups in total. The van der Waals surface area contributed by atoms with Gasteiger partial charge in [0.1, 0.15) is 5.54 Å². The molecule has 0 aromatic rings. The van der Waals surface area contributed by atoms with Crippen LogP contribution < -0.4 is 5.73 Å². The summed E-state index contributed by atoms with van der Waals surface area (Å²) in [5, 5.41) is 18.2. The average molecular weight is 271 g/mol. The molecule has 0 amide bonds. The molecule has 5 nitrogen and oxygen atoms in total. The molecule has 0 aliphatic heterocycles. The normalized spacial score (nSPS) is 24.7. The van der Waals surface area contributed by atoms with Crippen molar-refractivity contribution in [1.29, 1.82) is 0 Å². The van der Waals surface area contributed by atoms with Crippen LogP contribution in [-0.4, -0.2) is 27.7 Å². The van der Waals surface area contributed by atoms with Gasteiger partial charge in [0.15, 0.2) is 0 Å². The lowest BCUT2D eigenvalue weighted by molar-refractivity contribution is -0.145. The largest absolute Gasteiger partial charge is 0.481 e. The maximum Gasteiger partial charge on any atom is 0.323 e. The molecular formula is C14H25NO4. The van der Waals surface area contributed by atoms with E-state index >= 15 is 0 Å². The van der Waals surface area contributed by atoms with Gasteiger partial charge in [-0.15, -0.1) is 0 Å². The zero-order valence-corrected chi connectivity index (χ0v) is 11.6. The Morgan fingerprint density at radius 2 is 1.74 bits per heavy atom. The van der Waals surface area contributed by atoms with Crippen molar-refractivity contribution in [3.05, 3.63) is 0 Å². The molecule has 1 rings (SSSR count). The van der Waals surface area contributed by atoms with Crippen molar-refractivity contribution in [1.82, 2.24) is 0 Å². The summed E-state index contributed by atoms with van der Waals surface area (Å²) in [6.07, 6.45) is 7.15. The summed E-state index contributed by atoms with van der Waals surface area (Å²) in [5.41, 5.74) is 4.60. The fourth-order valence-corrected chi connectivity index (χ4v) is 2.69. The van der Waals surface area contributed by atoms with Crippen molar-refractivity contribution in [3.63, 3.8) is 0 Å². The van der Waals surface area contributed by atoms with Gasteiger partial charge in [-0.2, -0.15) is 0 Å². The van der Waals surface area contributed by atoms with Gasteiger partial charge in [-0.25, -0.2) is 0 Å². The third-order valence-corrected chi connectivity index (χ3v) is 4.11. The Morgan fingerprint density at radius 3 is 2.21 bits per heavy atom. The van der Waals surface area contributed by atoms with E-state index in [1.54, 1.807) is 0 Å². The zero-order valence-electron chi connectivity index (χ0n) is 11.6. The van der Waals surface area contributed by atoms with Crippen LogP contribution in [0.25, 0.3) is 0 Å². The maximum absolute atomic E-state index is 11.3. The molecule has 3 atom stereocenters. The summed E-state index contributed by atoms with van der Waals surface area (Å²) in [5.74, 6) is -2.96. The Balaban J connectivity index is 2.37. The van der Waals surface area contributed by atoms with Crippen LogP contribution in [0.4, 0.5) is 0 Å². The Kier molecular flexibility index (Phi) is 5.79. The summed E-state index contributed by atoms with van der Waals surface area (Å²) < 4.78 is 0. The molecule has 3 unspecified atom stereocenters. The van der Waals surface area contributed by atoms with Crippen LogP contribution in [0.5, 0.6) is 0 Å². The standard InChI is InChI=1S/C14H25NO4/c1-2-3-4-5-6-7-8-14(15,13(18)19)11-9-10(11)12(16)17/h10-11H,2-9,15H2,1H3,(H,16,17)(H,18,19). The molecule has 110 valence electrons. The summed E-state index contributed by atoms with van der Waals surface area (Å²) in [4.78, 5) is 22.2. The second-order valence-electron chi connectivity index (χ2n) is 5.65. The first-order valence-electron chi connectivity index (χ1n) is 7.18. The van der Waals surface area contributed by atoms with Gasteiger partial charge in [0.2, 0.25) is 0 Å². The van der Waals surface area contributed by atoms with Crippen LogP contribution in [0.15, 0.2) is 0 Å². The van der Waals surface area contributed by atoms with Gasteiger partial charge in [-0.1, -0.05) is 45.4 Å². The quantitative estimate of drug-likeness (QED) is 0.529. The number of carboxylic acids is 2. The van der Waals surface area contributed by atoms with Crippen molar-refractivity contribution >= 4 is 11.9 Å². The van der Waals surface area contributed by atoms with E-state index in [4.69, 9.17) is 10.8 Å². The summed E-state index contributed by atoms with van der Waals surface area (Å²) >= 11 is 0. The van der Waals surface area contributed by atoms with E-state index < -0.39 is 29.3 Å². The highest BCUT2D eigenvalue weighted by molar-refractivity contribution is 5.83. The van der Waals surface area contributed by atoms with Crippen LogP contribution in [0.3, 0.4) is 0 Å². The Bertz CT molecular complexity index is 331. The third-order valence-electron chi connectivity index (χ3n) is 4.11. The van der Waals surface area contributed by atoms with Crippen molar-refractivity contribution < 1.29 is 19.8 Å². The van der Waals surface area contributed by atoms with Crippen LogP contribution in [0, 0.1) is 11.8 Å². The highest BCUT2D eigenvalue weighted by Crippen LogP contribution is 2.47. The Hall–Kier alpha value is -1.10. The average Bonchev–Trinajstić information content (AvgIpc) is 3.13. The van der Waals surface area contributed by atoms with Crippen molar-refractivity contribution in [2.45, 2.75) is 63.8 Å². The molecule has 19 heavy (non-hydrogen) atoms. The molecule has 0 heterocycles. The summed E-state index contributed by atoms with van der Waals surface area (Å²) in [6.45, 7) is 2.15. The molecule has 0 aromatic carbocycles. The van der Waals surface area contributed by atoms with Crippen LogP contribution in [-0.2, 0) is 9.59 Å². The Labute approximate surface area is 114 Å². The van der Waals surface area contributed by atoms with Gasteiger partial charge in [-0.05, 0) is 12.8 Å². The molecule has 1 aliphatic rings. The molecule has 1 saturated carbocycles. The number of hydrogen-bond acceptors (Lipinski definition) is 3. The number of carbonyl (C=O) groups is 2. The first kappa shape index (κ1) is 16.0. The van der Waals surface area contributed by atoms with Gasteiger partial charge >= 0.3 is 11.9 Å². The number of hydrogen-bond donors (Lipinski definition) is 3. The van der Waals surface area contributed by atoms with Crippen LogP contribution in [0.2, 0.25) is 0 Å². The van der Waals surface area contributed by atoms with Crippen molar-refractivity contribution in [2.24, 2.45) is 17.6 Å². The van der Waals surface area contributed by atoms with Gasteiger partial charge < -0.3 is 15.9 Å². The topological polar surface area (TPSA) is 101 Å². The third kappa shape index (κ3) is 4.20. The number of rotatable bonds is 10. The fourth-order valence-electron chi connectivity index (χ4n) is 2.69. The minimum absolute atomic E-state index is 0.378. The molecule has 0 aromatic heterocycles. The van der Waals surface area contributed by atoms with Crippen molar-refractivity contribution in [3.8, 4) is 0 Å². The Morgan fingerprint density at radius 1 is 1.16 bits per heavy atom. The van der Waals surface area contributed by atoms with E-state index in [0.717, 1.165) is 19.3 Å². The lowest BCUT2D eigenvalue weighted by atomic mass is 9.87. The lowest BCUT2D eigenvalue weighted by Gasteiger charge is -2.24. The smallest absolute Gasteiger partial charge is 0.323 e. The van der Waals surface area contributed by atoms with Gasteiger partial charge in [0, 0.05) is 5.92 Å². The molecule has 5 heteroatoms. The molecule has 1 aliphatic carbocycles. The molecule has 0 radical (unpaired) electrons. The van der Waals surface area contributed by atoms with E-state index in [9.17, 15) is 14.7 Å². The summed E-state index contributed by atoms with van der Waals surface area (Å²) in [7, 11) is 0. The second-order valence-corrected chi connectivity index (χ2v) is 5.65. The summed E-state index contributed by atoms with van der Waals surface area (Å²) in [6, 6.07) is 0. The van der Waals surface area contributed by atoms with Crippen LogP contribution >= 0.6 is 0 Å². The molecule has 0 bridgehead atoms. The van der Waals surface area contributed by atoms with Crippen LogP contribution in [0.1, 0.15) is 58.3 Å². The molecular weight excluding hydrogens is 246 g/mol. The number of aliphatic carboxylic acids is 2. The van der Waals surface area contributed by atoms with Gasteiger partial charge in [-0.3, -0.25) is 9.59 Å². The monoisotopic (exact) mass is 271 g/mol. The second kappa shape index (κ2) is 6.89. The maximum atomic E-state index is 11.3. The first-order valence-corrected chi connectivity index (χ1v) is 7.18. The van der Waals surface area contributed by atoms with Crippen molar-refractivity contribution in [2.75, 3.05) is 0 Å². The SMILES string of the molecule is CCCCCCCCC(N)(C(=O)O)C1CC1C(=O)O. The predicted molar refractivity (Wildman–Crippen MR) is 71.8 cm³/mol. The fraction of sp³-hybridized carbons (Fsp3) is 0.857. The predicted octanol–water partition coefficient (Wildman–Crippen LogP) is 2.24. The number of unbranched alkanes of at least 4 members (excludes halogenated alkanes) is 5. The first-order chi connectivity index (χ1) is 8.93. The minimum Gasteiger partial charge on any atom is -0.481 e. The lowest BCUT2D eigenvalue weighted by Crippen LogP contribution is -2.51. The van der Waals surface area contributed by atoms with E-state index in [-0.39, 0.29) is 0 Å². The van der Waals surface area contributed by atoms with E-state index in [2.05, 4.69) is 6.92 Å². The minimum atomic E-state index is -1.35. The molecule has 1 fully saturated rings. The molecule has 0 spiro atoms. The van der Waals surface area contributed by atoms with E-state index in [1.165, 1.54) is 19.3 Å². The van der Waals surface area contributed by atoms with Gasteiger partial charge in [0.05, 0.1) is 5.92 Å². The number of carboxylic acid groups (broad SMARTS) is 2. The van der Waals surface area contributed by atoms with Gasteiger partial charge in [0.25, 0.3) is 0 Å². The zero-order chi connectivity index (χ0) is 14.5. The number of nitrogens with two attached hydrogens (primary N) is 1. The highest BCUT2D eigenvalue weighted by Gasteiger charge is 2.57. The van der Waals surface area contributed by atoms with E-state index in [1.807, 2.05) is 0 Å². The highest BCUT2D eigenvalue weighted by atomic mass is 16.4.